The lowest BCUT2D eigenvalue weighted by Gasteiger charge is -2.10. The summed E-state index contributed by atoms with van der Waals surface area (Å²) in [4.78, 5) is 43.4. The fourth-order valence-electron chi connectivity index (χ4n) is 5.07. The van der Waals surface area contributed by atoms with Crippen molar-refractivity contribution in [2.75, 3.05) is 6.61 Å². The van der Waals surface area contributed by atoms with Gasteiger partial charge in [-0.3, -0.25) is 19.0 Å². The van der Waals surface area contributed by atoms with Crippen molar-refractivity contribution in [1.82, 2.24) is 9.55 Å². The van der Waals surface area contributed by atoms with E-state index < -0.39 is 0 Å². The second-order valence-electron chi connectivity index (χ2n) is 10.7. The van der Waals surface area contributed by atoms with Crippen LogP contribution in [-0.4, -0.2) is 27.7 Å². The lowest BCUT2D eigenvalue weighted by Crippen LogP contribution is -2.20. The van der Waals surface area contributed by atoms with E-state index in [2.05, 4.69) is 0 Å². The number of ketones is 2. The molecule has 0 bridgehead atoms. The average molecular weight is 611 g/mol. The van der Waals surface area contributed by atoms with Crippen LogP contribution in [0.3, 0.4) is 0 Å². The molecular formula is C38H30N2O4S. The summed E-state index contributed by atoms with van der Waals surface area (Å²) in [5, 5.41) is 1.29. The van der Waals surface area contributed by atoms with Crippen LogP contribution in [0, 0.1) is 6.92 Å². The summed E-state index contributed by atoms with van der Waals surface area (Å²) in [6.07, 6.45) is 0. The van der Waals surface area contributed by atoms with Crippen LogP contribution in [-0.2, 0) is 12.8 Å². The quantitative estimate of drug-likeness (QED) is 0.0899. The number of fused-ring (bicyclic) bond motifs is 1. The van der Waals surface area contributed by atoms with Crippen molar-refractivity contribution in [3.63, 3.8) is 0 Å². The molecule has 45 heavy (non-hydrogen) atoms. The zero-order valence-electron chi connectivity index (χ0n) is 24.9. The normalized spacial score (nSPS) is 11.0. The highest BCUT2D eigenvalue weighted by Crippen LogP contribution is 2.24. The summed E-state index contributed by atoms with van der Waals surface area (Å²) in [7, 11) is 1.74. The maximum absolute atomic E-state index is 13.1. The van der Waals surface area contributed by atoms with Crippen LogP contribution in [0.4, 0.5) is 0 Å². The number of hydrogen-bond acceptors (Lipinski definition) is 6. The molecule has 0 aliphatic heterocycles. The van der Waals surface area contributed by atoms with Gasteiger partial charge in [0, 0.05) is 29.5 Å². The van der Waals surface area contributed by atoms with Crippen LogP contribution in [0.25, 0.3) is 22.0 Å². The zero-order chi connectivity index (χ0) is 31.3. The Hall–Kier alpha value is -5.27. The second-order valence-corrected chi connectivity index (χ2v) is 11.7. The van der Waals surface area contributed by atoms with E-state index in [1.165, 1.54) is 11.8 Å². The third kappa shape index (κ3) is 6.64. The number of carbonyl (C=O) groups excluding carboxylic acids is 2. The standard InChI is InChI=1S/C38H30N2O4S/c1-25-7-6-10-33-35(25)37(43)40(2)38(39-33)45-24-26-11-13-30(14-12-26)36(42)31-19-21-32(22-20-31)44-23-34(41)29-17-15-28(16-18-29)27-8-4-3-5-9-27/h3-22H,23-24H2,1-2H3. The number of benzene rings is 5. The minimum Gasteiger partial charge on any atom is -0.485 e. The van der Waals surface area contributed by atoms with Crippen molar-refractivity contribution < 1.29 is 14.3 Å². The maximum atomic E-state index is 13.1. The number of hydrogen-bond donors (Lipinski definition) is 0. The Morgan fingerprint density at radius 1 is 0.733 bits per heavy atom. The van der Waals surface area contributed by atoms with E-state index in [-0.39, 0.29) is 23.7 Å². The molecule has 0 radical (unpaired) electrons. The van der Waals surface area contributed by atoms with E-state index in [1.54, 1.807) is 48.0 Å². The van der Waals surface area contributed by atoms with Crippen LogP contribution < -0.4 is 10.3 Å². The molecule has 0 atom stereocenters. The minimum absolute atomic E-state index is 0.0570. The minimum atomic E-state index is -0.123. The van der Waals surface area contributed by atoms with Gasteiger partial charge in [-0.15, -0.1) is 0 Å². The van der Waals surface area contributed by atoms with E-state index in [0.29, 0.717) is 44.3 Å². The van der Waals surface area contributed by atoms with E-state index >= 15 is 0 Å². The Bertz CT molecular complexity index is 2050. The highest BCUT2D eigenvalue weighted by Gasteiger charge is 2.13. The van der Waals surface area contributed by atoms with Crippen LogP contribution in [0.1, 0.15) is 37.4 Å². The molecule has 222 valence electrons. The van der Waals surface area contributed by atoms with Gasteiger partial charge in [0.05, 0.1) is 10.9 Å². The van der Waals surface area contributed by atoms with Crippen molar-refractivity contribution in [1.29, 1.82) is 0 Å². The highest BCUT2D eigenvalue weighted by atomic mass is 32.2. The fourth-order valence-corrected chi connectivity index (χ4v) is 5.99. The number of thioether (sulfide) groups is 1. The highest BCUT2D eigenvalue weighted by molar-refractivity contribution is 7.98. The molecule has 0 spiro atoms. The molecule has 0 amide bonds. The van der Waals surface area contributed by atoms with E-state index in [9.17, 15) is 14.4 Å². The molecule has 0 aliphatic rings. The van der Waals surface area contributed by atoms with Gasteiger partial charge < -0.3 is 4.74 Å². The molecule has 0 fully saturated rings. The molecular weight excluding hydrogens is 580 g/mol. The van der Waals surface area contributed by atoms with Gasteiger partial charge in [-0.25, -0.2) is 4.98 Å². The maximum Gasteiger partial charge on any atom is 0.262 e. The summed E-state index contributed by atoms with van der Waals surface area (Å²) in [6.45, 7) is 1.82. The zero-order valence-corrected chi connectivity index (χ0v) is 25.7. The van der Waals surface area contributed by atoms with Crippen molar-refractivity contribution in [2.24, 2.45) is 7.05 Å². The van der Waals surface area contributed by atoms with Crippen molar-refractivity contribution in [3.8, 4) is 16.9 Å². The largest absolute Gasteiger partial charge is 0.485 e. The first kappa shape index (κ1) is 29.8. The summed E-state index contributed by atoms with van der Waals surface area (Å²) < 4.78 is 7.30. The Morgan fingerprint density at radius 3 is 2.04 bits per heavy atom. The summed E-state index contributed by atoms with van der Waals surface area (Å²) in [6, 6.07) is 37.4. The van der Waals surface area contributed by atoms with Gasteiger partial charge >= 0.3 is 0 Å². The molecule has 6 nitrogen and oxygen atoms in total. The van der Waals surface area contributed by atoms with Crippen LogP contribution in [0.15, 0.2) is 131 Å². The average Bonchev–Trinajstić information content (AvgIpc) is 3.08. The van der Waals surface area contributed by atoms with Gasteiger partial charge in [0.15, 0.2) is 23.3 Å². The Kier molecular flexibility index (Phi) is 8.71. The van der Waals surface area contributed by atoms with Gasteiger partial charge in [-0.05, 0) is 59.5 Å². The first-order valence-electron chi connectivity index (χ1n) is 14.5. The predicted octanol–water partition coefficient (Wildman–Crippen LogP) is 7.69. The van der Waals surface area contributed by atoms with Gasteiger partial charge in [0.25, 0.3) is 5.56 Å². The molecule has 1 aromatic heterocycles. The number of ether oxygens (including phenoxy) is 1. The van der Waals surface area contributed by atoms with Gasteiger partial charge in [-0.2, -0.15) is 0 Å². The van der Waals surface area contributed by atoms with Gasteiger partial charge in [0.2, 0.25) is 0 Å². The number of aryl methyl sites for hydroxylation is 1. The Morgan fingerprint density at radius 2 is 1.36 bits per heavy atom. The number of Topliss-reactive ketones (excluding diaryl/α,β-unsaturated/α-hetero) is 1. The SMILES string of the molecule is Cc1cccc2nc(SCc3ccc(C(=O)c4ccc(OCC(=O)c5ccc(-c6ccccc6)cc5)cc4)cc3)n(C)c(=O)c12. The first-order valence-corrected chi connectivity index (χ1v) is 15.5. The summed E-state index contributed by atoms with van der Waals surface area (Å²) in [5.41, 5.74) is 6.37. The number of nitrogens with zero attached hydrogens (tertiary/aromatic N) is 2. The third-order valence-corrected chi connectivity index (χ3v) is 8.76. The molecule has 0 N–H and O–H groups in total. The van der Waals surface area contributed by atoms with Crippen molar-refractivity contribution in [3.05, 3.63) is 159 Å². The van der Waals surface area contributed by atoms with Crippen molar-refractivity contribution in [2.45, 2.75) is 17.8 Å². The molecule has 7 heteroatoms. The fraction of sp³-hybridized carbons (Fsp3) is 0.105. The second kappa shape index (κ2) is 13.2. The molecule has 6 rings (SSSR count). The van der Waals surface area contributed by atoms with Crippen LogP contribution in [0.2, 0.25) is 0 Å². The topological polar surface area (TPSA) is 78.3 Å². The molecule has 0 saturated carbocycles. The molecule has 0 saturated heterocycles. The number of carbonyl (C=O) groups is 2. The van der Waals surface area contributed by atoms with Crippen LogP contribution in [0.5, 0.6) is 5.75 Å². The first-order chi connectivity index (χ1) is 21.9. The summed E-state index contributed by atoms with van der Waals surface area (Å²) >= 11 is 1.48. The lowest BCUT2D eigenvalue weighted by molar-refractivity contribution is 0.0920. The number of rotatable bonds is 10. The van der Waals surface area contributed by atoms with Crippen LogP contribution >= 0.6 is 11.8 Å². The molecule has 0 aliphatic carbocycles. The van der Waals surface area contributed by atoms with E-state index in [0.717, 1.165) is 22.3 Å². The van der Waals surface area contributed by atoms with Gasteiger partial charge in [-0.1, -0.05) is 103 Å². The summed E-state index contributed by atoms with van der Waals surface area (Å²) in [5.74, 6) is 0.889. The van der Waals surface area contributed by atoms with E-state index in [1.807, 2.05) is 91.9 Å². The number of aromatic nitrogens is 2. The smallest absolute Gasteiger partial charge is 0.262 e. The molecule has 5 aromatic carbocycles. The molecule has 6 aromatic rings. The molecule has 0 unspecified atom stereocenters. The predicted molar refractivity (Wildman–Crippen MR) is 179 cm³/mol. The Balaban J connectivity index is 1.04. The Labute approximate surface area is 265 Å². The van der Waals surface area contributed by atoms with E-state index in [4.69, 9.17) is 9.72 Å². The molecule has 1 heterocycles. The third-order valence-electron chi connectivity index (χ3n) is 7.66. The van der Waals surface area contributed by atoms with Crippen molar-refractivity contribution >= 4 is 34.2 Å². The monoisotopic (exact) mass is 610 g/mol. The lowest BCUT2D eigenvalue weighted by atomic mass is 10.0. The van der Waals surface area contributed by atoms with Gasteiger partial charge in [0.1, 0.15) is 5.75 Å².